The summed E-state index contributed by atoms with van der Waals surface area (Å²) in [5.41, 5.74) is 6.65. The van der Waals surface area contributed by atoms with Gasteiger partial charge in [-0.2, -0.15) is 0 Å². The standard InChI is InChI=1S/C10H14N2S/c1-3-13-9-6-4-8(5-7-9)10(11)12-2/h4-7H,3H2,1-2H3,(H2,11,12). The highest BCUT2D eigenvalue weighted by Crippen LogP contribution is 2.17. The molecule has 0 aliphatic heterocycles. The highest BCUT2D eigenvalue weighted by atomic mass is 32.2. The molecular weight excluding hydrogens is 180 g/mol. The molecule has 0 fully saturated rings. The maximum absolute atomic E-state index is 5.66. The number of nitrogens with two attached hydrogens (primary N) is 1. The normalized spacial score (nSPS) is 11.7. The Morgan fingerprint density at radius 3 is 2.46 bits per heavy atom. The van der Waals surface area contributed by atoms with Gasteiger partial charge < -0.3 is 5.73 Å². The van der Waals surface area contributed by atoms with Crippen LogP contribution in [0.5, 0.6) is 0 Å². The van der Waals surface area contributed by atoms with Crippen LogP contribution in [-0.4, -0.2) is 18.6 Å². The summed E-state index contributed by atoms with van der Waals surface area (Å²) in [5, 5.41) is 0. The molecule has 70 valence electrons. The number of thioether (sulfide) groups is 1. The second kappa shape index (κ2) is 4.92. The van der Waals surface area contributed by atoms with Gasteiger partial charge in [0.15, 0.2) is 0 Å². The molecule has 1 aromatic carbocycles. The zero-order valence-corrected chi connectivity index (χ0v) is 8.77. The van der Waals surface area contributed by atoms with Gasteiger partial charge >= 0.3 is 0 Å². The molecule has 0 heterocycles. The van der Waals surface area contributed by atoms with Crippen LogP contribution in [0.25, 0.3) is 0 Å². The van der Waals surface area contributed by atoms with Crippen LogP contribution in [0.2, 0.25) is 0 Å². The van der Waals surface area contributed by atoms with E-state index < -0.39 is 0 Å². The van der Waals surface area contributed by atoms with E-state index in [9.17, 15) is 0 Å². The summed E-state index contributed by atoms with van der Waals surface area (Å²) in [7, 11) is 1.70. The summed E-state index contributed by atoms with van der Waals surface area (Å²) >= 11 is 1.82. The third-order valence-corrected chi connectivity index (χ3v) is 2.60. The van der Waals surface area contributed by atoms with Crippen molar-refractivity contribution in [3.8, 4) is 0 Å². The molecule has 0 amide bonds. The van der Waals surface area contributed by atoms with E-state index in [1.807, 2.05) is 23.9 Å². The molecule has 0 radical (unpaired) electrons. The van der Waals surface area contributed by atoms with E-state index in [1.165, 1.54) is 4.90 Å². The largest absolute Gasteiger partial charge is 0.384 e. The van der Waals surface area contributed by atoms with E-state index in [2.05, 4.69) is 24.0 Å². The van der Waals surface area contributed by atoms with Gasteiger partial charge in [0.2, 0.25) is 0 Å². The first-order valence-corrected chi connectivity index (χ1v) is 5.22. The van der Waals surface area contributed by atoms with E-state index >= 15 is 0 Å². The minimum atomic E-state index is 0.591. The SMILES string of the molecule is CCSc1ccc(C(N)=NC)cc1. The molecule has 0 bridgehead atoms. The summed E-state index contributed by atoms with van der Waals surface area (Å²) < 4.78 is 0. The Hall–Kier alpha value is -0.960. The minimum absolute atomic E-state index is 0.591. The molecule has 0 atom stereocenters. The van der Waals surface area contributed by atoms with E-state index in [-0.39, 0.29) is 0 Å². The molecule has 13 heavy (non-hydrogen) atoms. The lowest BCUT2D eigenvalue weighted by Crippen LogP contribution is -2.12. The Bertz CT molecular complexity index is 290. The van der Waals surface area contributed by atoms with Gasteiger partial charge in [0.1, 0.15) is 5.84 Å². The molecule has 0 saturated carbocycles. The van der Waals surface area contributed by atoms with Crippen molar-refractivity contribution in [3.63, 3.8) is 0 Å². The Morgan fingerprint density at radius 2 is 2.00 bits per heavy atom. The Labute approximate surface area is 83.2 Å². The van der Waals surface area contributed by atoms with Gasteiger partial charge in [0.05, 0.1) is 0 Å². The van der Waals surface area contributed by atoms with Gasteiger partial charge in [-0.3, -0.25) is 4.99 Å². The number of rotatable bonds is 3. The fraction of sp³-hybridized carbons (Fsp3) is 0.300. The van der Waals surface area contributed by atoms with Gasteiger partial charge in [-0.25, -0.2) is 0 Å². The van der Waals surface area contributed by atoms with Crippen LogP contribution < -0.4 is 5.73 Å². The average molecular weight is 194 g/mol. The van der Waals surface area contributed by atoms with E-state index in [0.717, 1.165) is 11.3 Å². The molecular formula is C10H14N2S. The Balaban J connectivity index is 2.81. The van der Waals surface area contributed by atoms with Crippen LogP contribution in [0.1, 0.15) is 12.5 Å². The summed E-state index contributed by atoms with van der Waals surface area (Å²) in [5.74, 6) is 1.68. The highest BCUT2D eigenvalue weighted by Gasteiger charge is 1.96. The molecule has 3 heteroatoms. The van der Waals surface area contributed by atoms with Crippen molar-refractivity contribution < 1.29 is 0 Å². The first kappa shape index (κ1) is 10.1. The quantitative estimate of drug-likeness (QED) is 0.455. The maximum Gasteiger partial charge on any atom is 0.125 e. The summed E-state index contributed by atoms with van der Waals surface area (Å²) in [6.45, 7) is 2.14. The van der Waals surface area contributed by atoms with E-state index in [1.54, 1.807) is 7.05 Å². The van der Waals surface area contributed by atoms with Gasteiger partial charge in [-0.05, 0) is 17.9 Å². The first-order valence-electron chi connectivity index (χ1n) is 4.23. The van der Waals surface area contributed by atoms with Crippen LogP contribution in [0.4, 0.5) is 0 Å². The number of amidine groups is 1. The summed E-state index contributed by atoms with van der Waals surface area (Å²) in [4.78, 5) is 5.20. The van der Waals surface area contributed by atoms with Crippen LogP contribution in [-0.2, 0) is 0 Å². The summed E-state index contributed by atoms with van der Waals surface area (Å²) in [6.07, 6.45) is 0. The Kier molecular flexibility index (Phi) is 3.83. The van der Waals surface area contributed by atoms with Crippen molar-refractivity contribution in [2.75, 3.05) is 12.8 Å². The summed E-state index contributed by atoms with van der Waals surface area (Å²) in [6, 6.07) is 8.14. The van der Waals surface area contributed by atoms with Crippen LogP contribution >= 0.6 is 11.8 Å². The number of nitrogens with zero attached hydrogens (tertiary/aromatic N) is 1. The average Bonchev–Trinajstić information content (AvgIpc) is 2.18. The Morgan fingerprint density at radius 1 is 1.38 bits per heavy atom. The van der Waals surface area contributed by atoms with Crippen molar-refractivity contribution in [2.45, 2.75) is 11.8 Å². The molecule has 0 unspecified atom stereocenters. The zero-order chi connectivity index (χ0) is 9.68. The predicted molar refractivity (Wildman–Crippen MR) is 59.5 cm³/mol. The van der Waals surface area contributed by atoms with Crippen molar-refractivity contribution in [1.29, 1.82) is 0 Å². The molecule has 0 aliphatic carbocycles. The van der Waals surface area contributed by atoms with E-state index in [4.69, 9.17) is 5.73 Å². The zero-order valence-electron chi connectivity index (χ0n) is 7.95. The van der Waals surface area contributed by atoms with Gasteiger partial charge in [-0.15, -0.1) is 11.8 Å². The smallest absolute Gasteiger partial charge is 0.125 e. The number of hydrogen-bond acceptors (Lipinski definition) is 2. The topological polar surface area (TPSA) is 38.4 Å². The highest BCUT2D eigenvalue weighted by molar-refractivity contribution is 7.99. The van der Waals surface area contributed by atoms with Crippen molar-refractivity contribution in [2.24, 2.45) is 10.7 Å². The molecule has 2 nitrogen and oxygen atoms in total. The molecule has 0 saturated heterocycles. The van der Waals surface area contributed by atoms with Crippen LogP contribution in [0.3, 0.4) is 0 Å². The van der Waals surface area contributed by atoms with Crippen LogP contribution in [0, 0.1) is 0 Å². The minimum Gasteiger partial charge on any atom is -0.384 e. The predicted octanol–water partition coefficient (Wildman–Crippen LogP) is 2.13. The number of aliphatic imine (C=N–C) groups is 1. The fourth-order valence-corrected chi connectivity index (χ4v) is 1.68. The maximum atomic E-state index is 5.66. The number of benzene rings is 1. The van der Waals surface area contributed by atoms with Crippen molar-refractivity contribution in [3.05, 3.63) is 29.8 Å². The second-order valence-electron chi connectivity index (χ2n) is 2.57. The van der Waals surface area contributed by atoms with Crippen molar-refractivity contribution in [1.82, 2.24) is 0 Å². The molecule has 0 spiro atoms. The number of hydrogen-bond donors (Lipinski definition) is 1. The lowest BCUT2D eigenvalue weighted by molar-refractivity contribution is 1.36. The fourth-order valence-electron chi connectivity index (χ4n) is 1.02. The molecule has 0 aliphatic rings. The molecule has 1 rings (SSSR count). The van der Waals surface area contributed by atoms with Gasteiger partial charge in [-0.1, -0.05) is 19.1 Å². The van der Waals surface area contributed by atoms with Gasteiger partial charge in [0.25, 0.3) is 0 Å². The van der Waals surface area contributed by atoms with Gasteiger partial charge in [0, 0.05) is 17.5 Å². The lowest BCUT2D eigenvalue weighted by Gasteiger charge is -2.01. The molecule has 2 N–H and O–H groups in total. The second-order valence-corrected chi connectivity index (χ2v) is 3.90. The lowest BCUT2D eigenvalue weighted by atomic mass is 10.2. The molecule has 1 aromatic rings. The first-order chi connectivity index (χ1) is 6.27. The van der Waals surface area contributed by atoms with E-state index in [0.29, 0.717) is 5.84 Å². The third kappa shape index (κ3) is 2.77. The van der Waals surface area contributed by atoms with Crippen molar-refractivity contribution >= 4 is 17.6 Å². The monoisotopic (exact) mass is 194 g/mol. The molecule has 0 aromatic heterocycles. The van der Waals surface area contributed by atoms with Crippen LogP contribution in [0.15, 0.2) is 34.2 Å². The third-order valence-electron chi connectivity index (χ3n) is 1.70.